The molecule has 2 aromatic rings. The molecule has 2 aliphatic rings. The second-order valence-corrected chi connectivity index (χ2v) is 6.05. The number of rotatable bonds is 3. The van der Waals surface area contributed by atoms with Crippen LogP contribution in [0.25, 0.3) is 0 Å². The maximum absolute atomic E-state index is 12.8. The number of carbonyl (C=O) groups excluding carboxylic acids is 1. The molecule has 2 aliphatic heterocycles. The van der Waals surface area contributed by atoms with Crippen molar-refractivity contribution in [1.82, 2.24) is 14.9 Å². The van der Waals surface area contributed by atoms with Crippen LogP contribution in [0.4, 0.5) is 4.39 Å². The van der Waals surface area contributed by atoms with Gasteiger partial charge < -0.3 is 14.4 Å². The minimum atomic E-state index is -0.478. The third-order valence-electron chi connectivity index (χ3n) is 4.39. The first kappa shape index (κ1) is 15.0. The Kier molecular flexibility index (Phi) is 3.45. The zero-order valence-electron chi connectivity index (χ0n) is 13.2. The van der Waals surface area contributed by atoms with Crippen LogP contribution in [0.5, 0.6) is 5.75 Å². The Labute approximate surface area is 138 Å². The Morgan fingerprint density at radius 3 is 2.88 bits per heavy atom. The Morgan fingerprint density at radius 2 is 2.12 bits per heavy atom. The van der Waals surface area contributed by atoms with Crippen molar-refractivity contribution >= 4 is 5.91 Å². The molecule has 24 heavy (non-hydrogen) atoms. The van der Waals surface area contributed by atoms with Gasteiger partial charge in [0, 0.05) is 11.8 Å². The number of hydrogen-bond acceptors (Lipinski definition) is 5. The predicted octanol–water partition coefficient (Wildman–Crippen LogP) is 1.57. The number of hydrogen-bond donors (Lipinski definition) is 0. The standard InChI is InChI=1S/C17H16FN3O3/c1-11-19-6-14-15(20-11)7-24-17(14)9-21(10-17)16(22)8-23-13-4-2-12(18)3-5-13/h2-6H,7-10H2,1H3. The molecule has 1 saturated heterocycles. The van der Waals surface area contributed by atoms with Gasteiger partial charge in [-0.15, -0.1) is 0 Å². The van der Waals surface area contributed by atoms with Gasteiger partial charge in [0.2, 0.25) is 0 Å². The Bertz CT molecular complexity index is 788. The van der Waals surface area contributed by atoms with E-state index >= 15 is 0 Å². The van der Waals surface area contributed by atoms with Crippen molar-refractivity contribution in [2.45, 2.75) is 19.1 Å². The third-order valence-corrected chi connectivity index (χ3v) is 4.39. The Morgan fingerprint density at radius 1 is 1.38 bits per heavy atom. The zero-order valence-corrected chi connectivity index (χ0v) is 13.2. The lowest BCUT2D eigenvalue weighted by atomic mass is 9.87. The smallest absolute Gasteiger partial charge is 0.260 e. The quantitative estimate of drug-likeness (QED) is 0.855. The third kappa shape index (κ3) is 2.50. The normalized spacial score (nSPS) is 17.5. The molecule has 124 valence electrons. The van der Waals surface area contributed by atoms with Crippen molar-refractivity contribution < 1.29 is 18.7 Å². The van der Waals surface area contributed by atoms with Gasteiger partial charge >= 0.3 is 0 Å². The summed E-state index contributed by atoms with van der Waals surface area (Å²) in [5.74, 6) is 0.712. The number of carbonyl (C=O) groups is 1. The first-order valence-electron chi connectivity index (χ1n) is 7.69. The van der Waals surface area contributed by atoms with Gasteiger partial charge in [0.05, 0.1) is 25.4 Å². The van der Waals surface area contributed by atoms with Crippen LogP contribution in [0.15, 0.2) is 30.5 Å². The highest BCUT2D eigenvalue weighted by Crippen LogP contribution is 2.42. The maximum Gasteiger partial charge on any atom is 0.260 e. The lowest BCUT2D eigenvalue weighted by Crippen LogP contribution is -2.62. The second kappa shape index (κ2) is 5.52. The van der Waals surface area contributed by atoms with Crippen LogP contribution in [0.1, 0.15) is 17.1 Å². The molecule has 1 aromatic heterocycles. The number of likely N-dealkylation sites (tertiary alicyclic amines) is 1. The number of amides is 1. The molecule has 0 aliphatic carbocycles. The van der Waals surface area contributed by atoms with Crippen LogP contribution in [0.2, 0.25) is 0 Å². The summed E-state index contributed by atoms with van der Waals surface area (Å²) >= 11 is 0. The number of ether oxygens (including phenoxy) is 2. The fourth-order valence-electron chi connectivity index (χ4n) is 3.07. The minimum absolute atomic E-state index is 0.0844. The van der Waals surface area contributed by atoms with Crippen LogP contribution >= 0.6 is 0 Å². The number of halogens is 1. The summed E-state index contributed by atoms with van der Waals surface area (Å²) in [5.41, 5.74) is 1.39. The van der Waals surface area contributed by atoms with E-state index in [1.165, 1.54) is 24.3 Å². The van der Waals surface area contributed by atoms with E-state index < -0.39 is 5.60 Å². The summed E-state index contributed by atoms with van der Waals surface area (Å²) < 4.78 is 24.1. The topological polar surface area (TPSA) is 64.6 Å². The molecule has 0 bridgehead atoms. The molecule has 7 heteroatoms. The molecular weight excluding hydrogens is 313 g/mol. The van der Waals surface area contributed by atoms with Gasteiger partial charge in [-0.3, -0.25) is 4.79 Å². The highest BCUT2D eigenvalue weighted by atomic mass is 19.1. The van der Waals surface area contributed by atoms with E-state index in [1.807, 2.05) is 6.92 Å². The van der Waals surface area contributed by atoms with Gasteiger partial charge in [0.25, 0.3) is 5.91 Å². The number of aromatic nitrogens is 2. The summed E-state index contributed by atoms with van der Waals surface area (Å²) in [6, 6.07) is 5.58. The van der Waals surface area contributed by atoms with Crippen molar-refractivity contribution in [3.63, 3.8) is 0 Å². The minimum Gasteiger partial charge on any atom is -0.484 e. The Hall–Kier alpha value is -2.54. The van der Waals surface area contributed by atoms with E-state index in [1.54, 1.807) is 11.1 Å². The SMILES string of the molecule is Cc1ncc2c(n1)COC21CN(C(=O)COc2ccc(F)cc2)C1. The van der Waals surface area contributed by atoms with Crippen LogP contribution < -0.4 is 4.74 Å². The van der Waals surface area contributed by atoms with Crippen molar-refractivity contribution in [2.24, 2.45) is 0 Å². The number of aryl methyl sites for hydroxylation is 1. The van der Waals surface area contributed by atoms with E-state index in [2.05, 4.69) is 9.97 Å². The molecule has 1 fully saturated rings. The molecule has 6 nitrogen and oxygen atoms in total. The van der Waals surface area contributed by atoms with Gasteiger partial charge in [-0.25, -0.2) is 14.4 Å². The summed E-state index contributed by atoms with van der Waals surface area (Å²) in [7, 11) is 0. The molecule has 1 amide bonds. The molecule has 1 spiro atoms. The molecule has 3 heterocycles. The number of nitrogens with zero attached hydrogens (tertiary/aromatic N) is 3. The van der Waals surface area contributed by atoms with E-state index in [0.29, 0.717) is 31.3 Å². The molecule has 0 unspecified atom stereocenters. The van der Waals surface area contributed by atoms with Gasteiger partial charge in [0.1, 0.15) is 23.0 Å². The van der Waals surface area contributed by atoms with E-state index in [9.17, 15) is 9.18 Å². The Balaban J connectivity index is 1.36. The lowest BCUT2D eigenvalue weighted by Gasteiger charge is -2.47. The fourth-order valence-corrected chi connectivity index (χ4v) is 3.07. The molecule has 1 aromatic carbocycles. The summed E-state index contributed by atoms with van der Waals surface area (Å²) in [6.07, 6.45) is 1.79. The second-order valence-electron chi connectivity index (χ2n) is 6.05. The summed E-state index contributed by atoms with van der Waals surface area (Å²) in [4.78, 5) is 22.5. The van der Waals surface area contributed by atoms with E-state index in [0.717, 1.165) is 11.3 Å². The van der Waals surface area contributed by atoms with Crippen LogP contribution in [-0.4, -0.2) is 40.5 Å². The highest BCUT2D eigenvalue weighted by molar-refractivity contribution is 5.79. The molecular formula is C17H16FN3O3. The fraction of sp³-hybridized carbons (Fsp3) is 0.353. The largest absolute Gasteiger partial charge is 0.484 e. The predicted molar refractivity (Wildman–Crippen MR) is 81.7 cm³/mol. The molecule has 0 atom stereocenters. The number of fused-ring (bicyclic) bond motifs is 2. The van der Waals surface area contributed by atoms with Crippen LogP contribution in [0.3, 0.4) is 0 Å². The van der Waals surface area contributed by atoms with Gasteiger partial charge in [0.15, 0.2) is 6.61 Å². The molecule has 0 N–H and O–H groups in total. The average Bonchev–Trinajstić information content (AvgIpc) is 2.91. The van der Waals surface area contributed by atoms with Gasteiger partial charge in [-0.05, 0) is 31.2 Å². The lowest BCUT2D eigenvalue weighted by molar-refractivity contribution is -0.170. The van der Waals surface area contributed by atoms with E-state index in [4.69, 9.17) is 9.47 Å². The monoisotopic (exact) mass is 329 g/mol. The van der Waals surface area contributed by atoms with Crippen LogP contribution in [-0.2, 0) is 21.7 Å². The summed E-state index contributed by atoms with van der Waals surface area (Å²) in [5, 5.41) is 0. The van der Waals surface area contributed by atoms with Crippen molar-refractivity contribution in [1.29, 1.82) is 0 Å². The van der Waals surface area contributed by atoms with Crippen LogP contribution in [0, 0.1) is 12.7 Å². The maximum atomic E-state index is 12.8. The van der Waals surface area contributed by atoms with Gasteiger partial charge in [-0.2, -0.15) is 0 Å². The zero-order chi connectivity index (χ0) is 16.7. The molecule has 0 radical (unpaired) electrons. The average molecular weight is 329 g/mol. The first-order chi connectivity index (χ1) is 11.6. The summed E-state index contributed by atoms with van der Waals surface area (Å²) in [6.45, 7) is 3.15. The highest BCUT2D eigenvalue weighted by Gasteiger charge is 2.52. The van der Waals surface area contributed by atoms with Crippen molar-refractivity contribution in [3.05, 3.63) is 53.4 Å². The molecule has 0 saturated carbocycles. The van der Waals surface area contributed by atoms with Crippen molar-refractivity contribution in [2.75, 3.05) is 19.7 Å². The molecule has 4 rings (SSSR count). The van der Waals surface area contributed by atoms with Crippen molar-refractivity contribution in [3.8, 4) is 5.75 Å². The first-order valence-corrected chi connectivity index (χ1v) is 7.69. The number of benzene rings is 1. The van der Waals surface area contributed by atoms with E-state index in [-0.39, 0.29) is 18.3 Å². The van der Waals surface area contributed by atoms with Gasteiger partial charge in [-0.1, -0.05) is 0 Å².